The Morgan fingerprint density at radius 3 is 3.00 bits per heavy atom. The van der Waals surface area contributed by atoms with E-state index < -0.39 is 0 Å². The zero-order valence-electron chi connectivity index (χ0n) is 7.00. The molecule has 0 bridgehead atoms. The number of carbonyl (C=O) groups excluding carboxylic acids is 1. The summed E-state index contributed by atoms with van der Waals surface area (Å²) in [5.41, 5.74) is 2.01. The van der Waals surface area contributed by atoms with Gasteiger partial charge in [-0.2, -0.15) is 0 Å². The first-order valence-corrected chi connectivity index (χ1v) is 5.93. The molecule has 13 heavy (non-hydrogen) atoms. The molecule has 1 aromatic rings. The number of fused-ring (bicyclic) bond motifs is 1. The molecule has 0 saturated carbocycles. The van der Waals surface area contributed by atoms with Gasteiger partial charge in [-0.15, -0.1) is 11.8 Å². The summed E-state index contributed by atoms with van der Waals surface area (Å²) in [6, 6.07) is 5.85. The summed E-state index contributed by atoms with van der Waals surface area (Å²) in [5, 5.41) is 2.80. The van der Waals surface area contributed by atoms with E-state index in [0.717, 1.165) is 15.7 Å². The Morgan fingerprint density at radius 2 is 2.31 bits per heavy atom. The summed E-state index contributed by atoms with van der Waals surface area (Å²) in [5.74, 6) is 0.0839. The second-order valence-corrected chi connectivity index (χ2v) is 4.70. The smallest absolute Gasteiger partial charge is 0.242 e. The highest BCUT2D eigenvalue weighted by Crippen LogP contribution is 2.39. The largest absolute Gasteiger partial charge is 0.325 e. The zero-order chi connectivity index (χ0) is 9.42. The maximum absolute atomic E-state index is 11.4. The van der Waals surface area contributed by atoms with E-state index in [0.29, 0.717) is 0 Å². The first-order chi connectivity index (χ1) is 6.22. The molecule has 1 unspecified atom stereocenters. The summed E-state index contributed by atoms with van der Waals surface area (Å²) in [4.78, 5) is 11.4. The number of amides is 1. The SMILES string of the molecule is CSC1C(=O)Nc2ccc(Br)cc21. The molecule has 0 saturated heterocycles. The summed E-state index contributed by atoms with van der Waals surface area (Å²) < 4.78 is 1.02. The van der Waals surface area contributed by atoms with Crippen LogP contribution in [0.2, 0.25) is 0 Å². The van der Waals surface area contributed by atoms with E-state index in [2.05, 4.69) is 21.2 Å². The number of hydrogen-bond acceptors (Lipinski definition) is 2. The molecule has 68 valence electrons. The number of thioether (sulfide) groups is 1. The van der Waals surface area contributed by atoms with E-state index in [1.165, 1.54) is 0 Å². The summed E-state index contributed by atoms with van der Waals surface area (Å²) in [7, 11) is 0. The molecular formula is C9H8BrNOS. The Bertz CT molecular complexity index is 367. The van der Waals surface area contributed by atoms with Crippen molar-refractivity contribution in [1.82, 2.24) is 0 Å². The maximum Gasteiger partial charge on any atom is 0.242 e. The van der Waals surface area contributed by atoms with Crippen LogP contribution in [0.1, 0.15) is 10.8 Å². The second kappa shape index (κ2) is 3.35. The molecule has 0 fully saturated rings. The van der Waals surface area contributed by atoms with Crippen molar-refractivity contribution in [3.8, 4) is 0 Å². The third-order valence-electron chi connectivity index (χ3n) is 2.03. The van der Waals surface area contributed by atoms with Crippen LogP contribution in [0.25, 0.3) is 0 Å². The highest BCUT2D eigenvalue weighted by atomic mass is 79.9. The van der Waals surface area contributed by atoms with Crippen molar-refractivity contribution in [2.75, 3.05) is 11.6 Å². The van der Waals surface area contributed by atoms with Crippen LogP contribution < -0.4 is 5.32 Å². The van der Waals surface area contributed by atoms with Crippen LogP contribution in [-0.4, -0.2) is 12.2 Å². The van der Waals surface area contributed by atoms with E-state index in [-0.39, 0.29) is 11.2 Å². The molecule has 1 N–H and O–H groups in total. The van der Waals surface area contributed by atoms with E-state index in [9.17, 15) is 4.79 Å². The number of rotatable bonds is 1. The number of halogens is 1. The van der Waals surface area contributed by atoms with Crippen molar-refractivity contribution in [2.45, 2.75) is 5.25 Å². The number of nitrogens with one attached hydrogen (secondary N) is 1. The lowest BCUT2D eigenvalue weighted by atomic mass is 10.2. The van der Waals surface area contributed by atoms with Gasteiger partial charge in [-0.25, -0.2) is 0 Å². The Kier molecular flexibility index (Phi) is 2.34. The first-order valence-electron chi connectivity index (χ1n) is 3.85. The second-order valence-electron chi connectivity index (χ2n) is 2.84. The minimum Gasteiger partial charge on any atom is -0.325 e. The van der Waals surface area contributed by atoms with Crippen LogP contribution in [0, 0.1) is 0 Å². The van der Waals surface area contributed by atoms with Crippen LogP contribution in [0.15, 0.2) is 22.7 Å². The predicted molar refractivity (Wildman–Crippen MR) is 59.0 cm³/mol. The highest BCUT2D eigenvalue weighted by molar-refractivity contribution is 9.10. The molecule has 0 aromatic heterocycles. The van der Waals surface area contributed by atoms with Crippen molar-refractivity contribution < 1.29 is 4.79 Å². The van der Waals surface area contributed by atoms with Crippen molar-refractivity contribution in [3.05, 3.63) is 28.2 Å². The standard InChI is InChI=1S/C9H8BrNOS/c1-13-8-6-4-5(10)2-3-7(6)11-9(8)12/h2-4,8H,1H3,(H,11,12). The molecule has 1 atom stereocenters. The van der Waals surface area contributed by atoms with E-state index in [1.54, 1.807) is 11.8 Å². The number of carbonyl (C=O) groups is 1. The summed E-state index contributed by atoms with van der Waals surface area (Å²) in [6.45, 7) is 0. The molecule has 1 aliphatic rings. The molecule has 0 radical (unpaired) electrons. The van der Waals surface area contributed by atoms with Crippen LogP contribution in [0.5, 0.6) is 0 Å². The number of benzene rings is 1. The van der Waals surface area contributed by atoms with E-state index in [1.807, 2.05) is 24.5 Å². The Labute approximate surface area is 89.2 Å². The van der Waals surface area contributed by atoms with Crippen molar-refractivity contribution in [2.24, 2.45) is 0 Å². The third kappa shape index (κ3) is 1.48. The maximum atomic E-state index is 11.4. The Hall–Kier alpha value is -0.480. The van der Waals surface area contributed by atoms with E-state index >= 15 is 0 Å². The van der Waals surface area contributed by atoms with Gasteiger partial charge in [0.05, 0.1) is 0 Å². The molecule has 2 rings (SSSR count). The fraction of sp³-hybridized carbons (Fsp3) is 0.222. The van der Waals surface area contributed by atoms with Gasteiger partial charge in [-0.3, -0.25) is 4.79 Å². The molecule has 0 aliphatic carbocycles. The monoisotopic (exact) mass is 257 g/mol. The lowest BCUT2D eigenvalue weighted by Gasteiger charge is -2.03. The number of anilines is 1. The average Bonchev–Trinajstić information content (AvgIpc) is 2.40. The molecule has 2 nitrogen and oxygen atoms in total. The van der Waals surface area contributed by atoms with Gasteiger partial charge < -0.3 is 5.32 Å². The fourth-order valence-corrected chi connectivity index (χ4v) is 2.54. The van der Waals surface area contributed by atoms with Gasteiger partial charge in [0.15, 0.2) is 0 Å². The van der Waals surface area contributed by atoms with E-state index in [4.69, 9.17) is 0 Å². The van der Waals surface area contributed by atoms with Gasteiger partial charge in [-0.1, -0.05) is 15.9 Å². The van der Waals surface area contributed by atoms with Gasteiger partial charge >= 0.3 is 0 Å². The Morgan fingerprint density at radius 1 is 1.54 bits per heavy atom. The molecular weight excluding hydrogens is 250 g/mol. The lowest BCUT2D eigenvalue weighted by Crippen LogP contribution is -2.08. The highest BCUT2D eigenvalue weighted by Gasteiger charge is 2.29. The predicted octanol–water partition coefficient (Wildman–Crippen LogP) is 2.81. The molecule has 1 amide bonds. The molecule has 4 heteroatoms. The van der Waals surface area contributed by atoms with Crippen molar-refractivity contribution in [3.63, 3.8) is 0 Å². The first kappa shape index (κ1) is 9.09. The van der Waals surface area contributed by atoms with Crippen LogP contribution >= 0.6 is 27.7 Å². The summed E-state index contributed by atoms with van der Waals surface area (Å²) >= 11 is 4.95. The van der Waals surface area contributed by atoms with Crippen molar-refractivity contribution in [1.29, 1.82) is 0 Å². The minimum absolute atomic E-state index is 0.0486. The van der Waals surface area contributed by atoms with Gasteiger partial charge in [0.1, 0.15) is 5.25 Å². The lowest BCUT2D eigenvalue weighted by molar-refractivity contribution is -0.115. The van der Waals surface area contributed by atoms with Gasteiger partial charge in [0.2, 0.25) is 5.91 Å². The van der Waals surface area contributed by atoms with Crippen LogP contribution in [-0.2, 0) is 4.79 Å². The number of hydrogen-bond donors (Lipinski definition) is 1. The van der Waals surface area contributed by atoms with Gasteiger partial charge in [0.25, 0.3) is 0 Å². The minimum atomic E-state index is -0.0486. The topological polar surface area (TPSA) is 29.1 Å². The molecule has 1 aromatic carbocycles. The molecule has 1 aliphatic heterocycles. The quantitative estimate of drug-likeness (QED) is 0.839. The molecule has 0 spiro atoms. The fourth-order valence-electron chi connectivity index (χ4n) is 1.44. The van der Waals surface area contributed by atoms with Crippen LogP contribution in [0.4, 0.5) is 5.69 Å². The van der Waals surface area contributed by atoms with Crippen molar-refractivity contribution >= 4 is 39.3 Å². The third-order valence-corrected chi connectivity index (χ3v) is 3.46. The molecule has 1 heterocycles. The zero-order valence-corrected chi connectivity index (χ0v) is 9.41. The average molecular weight is 258 g/mol. The van der Waals surface area contributed by atoms with Gasteiger partial charge in [-0.05, 0) is 30.0 Å². The van der Waals surface area contributed by atoms with Crippen LogP contribution in [0.3, 0.4) is 0 Å². The summed E-state index contributed by atoms with van der Waals surface area (Å²) in [6.07, 6.45) is 1.94. The normalized spacial score (nSPS) is 19.8. The Balaban J connectivity index is 2.50. The van der Waals surface area contributed by atoms with Gasteiger partial charge in [0, 0.05) is 10.2 Å².